The van der Waals surface area contributed by atoms with Crippen LogP contribution in [-0.2, 0) is 9.84 Å². The van der Waals surface area contributed by atoms with Gasteiger partial charge in [0.25, 0.3) is 0 Å². The van der Waals surface area contributed by atoms with Gasteiger partial charge in [-0.25, -0.2) is 12.8 Å². The molecule has 0 aromatic heterocycles. The first-order chi connectivity index (χ1) is 8.46. The Morgan fingerprint density at radius 3 is 2.61 bits per heavy atom. The maximum Gasteiger partial charge on any atom is 0.152 e. The Labute approximate surface area is 107 Å². The molecule has 0 bridgehead atoms. The third kappa shape index (κ3) is 4.91. The normalized spacial score (nSPS) is 11.3. The molecule has 0 radical (unpaired) electrons. The van der Waals surface area contributed by atoms with Gasteiger partial charge in [-0.3, -0.25) is 0 Å². The average Bonchev–Trinajstić information content (AvgIpc) is 2.27. The third-order valence-electron chi connectivity index (χ3n) is 2.36. The van der Waals surface area contributed by atoms with Crippen molar-refractivity contribution in [1.82, 2.24) is 0 Å². The zero-order valence-electron chi connectivity index (χ0n) is 10.6. The number of anilines is 1. The molecule has 1 N–H and O–H groups in total. The van der Waals surface area contributed by atoms with Crippen molar-refractivity contribution in [3.63, 3.8) is 0 Å². The monoisotopic (exact) mass is 275 g/mol. The number of hydrogen-bond acceptors (Lipinski definition) is 4. The van der Waals surface area contributed by atoms with Crippen LogP contribution >= 0.6 is 0 Å². The van der Waals surface area contributed by atoms with Crippen molar-refractivity contribution in [3.8, 4) is 5.75 Å². The Hall–Kier alpha value is -1.30. The second-order valence-electron chi connectivity index (χ2n) is 3.96. The second kappa shape index (κ2) is 6.58. The fourth-order valence-corrected chi connectivity index (χ4v) is 2.79. The summed E-state index contributed by atoms with van der Waals surface area (Å²) in [4.78, 5) is 0. The van der Waals surface area contributed by atoms with Crippen LogP contribution in [-0.4, -0.2) is 33.6 Å². The topological polar surface area (TPSA) is 55.4 Å². The molecule has 1 aromatic rings. The summed E-state index contributed by atoms with van der Waals surface area (Å²) in [5.41, 5.74) is 0.513. The predicted molar refractivity (Wildman–Crippen MR) is 70.4 cm³/mol. The quantitative estimate of drug-likeness (QED) is 0.827. The van der Waals surface area contributed by atoms with Gasteiger partial charge < -0.3 is 10.1 Å². The number of sulfone groups is 1. The van der Waals surface area contributed by atoms with Gasteiger partial charge in [0.15, 0.2) is 9.84 Å². The van der Waals surface area contributed by atoms with Crippen LogP contribution in [0.15, 0.2) is 18.2 Å². The summed E-state index contributed by atoms with van der Waals surface area (Å²) in [5, 5.41) is 2.88. The van der Waals surface area contributed by atoms with Gasteiger partial charge in [0.1, 0.15) is 11.6 Å². The summed E-state index contributed by atoms with van der Waals surface area (Å²) < 4.78 is 41.0. The molecule has 6 heteroatoms. The number of benzene rings is 1. The van der Waals surface area contributed by atoms with Gasteiger partial charge in [0, 0.05) is 30.1 Å². The van der Waals surface area contributed by atoms with Crippen LogP contribution in [0.3, 0.4) is 0 Å². The van der Waals surface area contributed by atoms with Gasteiger partial charge in [-0.05, 0) is 12.5 Å². The highest BCUT2D eigenvalue weighted by atomic mass is 32.2. The van der Waals surface area contributed by atoms with E-state index in [-0.39, 0.29) is 18.1 Å². The SMILES string of the molecule is CCCS(=O)(=O)CCNc1cc(F)cc(OC)c1. The first-order valence-electron chi connectivity index (χ1n) is 5.75. The summed E-state index contributed by atoms with van der Waals surface area (Å²) in [6.45, 7) is 2.08. The lowest BCUT2D eigenvalue weighted by Gasteiger charge is -2.08. The number of nitrogens with one attached hydrogen (secondary N) is 1. The average molecular weight is 275 g/mol. The van der Waals surface area contributed by atoms with Crippen molar-refractivity contribution < 1.29 is 17.5 Å². The van der Waals surface area contributed by atoms with Crippen molar-refractivity contribution in [2.45, 2.75) is 13.3 Å². The molecule has 0 atom stereocenters. The van der Waals surface area contributed by atoms with E-state index in [4.69, 9.17) is 4.74 Å². The van der Waals surface area contributed by atoms with E-state index in [1.54, 1.807) is 6.07 Å². The van der Waals surface area contributed by atoms with E-state index in [1.807, 2.05) is 6.92 Å². The molecule has 0 aliphatic carbocycles. The van der Waals surface area contributed by atoms with Gasteiger partial charge in [-0.1, -0.05) is 6.92 Å². The van der Waals surface area contributed by atoms with E-state index in [0.29, 0.717) is 17.9 Å². The molecule has 0 heterocycles. The highest BCUT2D eigenvalue weighted by Gasteiger charge is 2.09. The molecule has 0 amide bonds. The van der Waals surface area contributed by atoms with Crippen LogP contribution < -0.4 is 10.1 Å². The van der Waals surface area contributed by atoms with Gasteiger partial charge in [-0.2, -0.15) is 0 Å². The molecule has 0 saturated heterocycles. The van der Waals surface area contributed by atoms with Gasteiger partial charge in [0.05, 0.1) is 12.9 Å². The fourth-order valence-electron chi connectivity index (χ4n) is 1.55. The Bertz CT molecular complexity index is 488. The molecule has 1 rings (SSSR count). The summed E-state index contributed by atoms with van der Waals surface area (Å²) in [5.74, 6) is 0.197. The molecule has 0 aliphatic heterocycles. The van der Waals surface area contributed by atoms with Crippen molar-refractivity contribution in [1.29, 1.82) is 0 Å². The minimum atomic E-state index is -3.02. The summed E-state index contributed by atoms with van der Waals surface area (Å²) in [6.07, 6.45) is 0.607. The van der Waals surface area contributed by atoms with Gasteiger partial charge in [-0.15, -0.1) is 0 Å². The minimum absolute atomic E-state index is 0.0413. The minimum Gasteiger partial charge on any atom is -0.497 e. The number of hydrogen-bond donors (Lipinski definition) is 1. The standard InChI is InChI=1S/C12H18FNO3S/c1-3-5-18(15,16)6-4-14-11-7-10(13)8-12(9-11)17-2/h7-9,14H,3-6H2,1-2H3. The van der Waals surface area contributed by atoms with Gasteiger partial charge >= 0.3 is 0 Å². The molecule has 1 aromatic carbocycles. The highest BCUT2D eigenvalue weighted by molar-refractivity contribution is 7.91. The van der Waals surface area contributed by atoms with Gasteiger partial charge in [0.2, 0.25) is 0 Å². The molecular formula is C12H18FNO3S. The molecule has 0 fully saturated rings. The Morgan fingerprint density at radius 2 is 2.00 bits per heavy atom. The first-order valence-corrected chi connectivity index (χ1v) is 7.58. The van der Waals surface area contributed by atoms with Crippen LogP contribution in [0.25, 0.3) is 0 Å². The molecule has 4 nitrogen and oxygen atoms in total. The zero-order valence-corrected chi connectivity index (χ0v) is 11.4. The van der Waals surface area contributed by atoms with Crippen LogP contribution in [0.2, 0.25) is 0 Å². The van der Waals surface area contributed by atoms with E-state index >= 15 is 0 Å². The lowest BCUT2D eigenvalue weighted by atomic mass is 10.3. The van der Waals surface area contributed by atoms with Crippen molar-refractivity contribution in [2.24, 2.45) is 0 Å². The van der Waals surface area contributed by atoms with Crippen LogP contribution in [0.1, 0.15) is 13.3 Å². The zero-order chi connectivity index (χ0) is 13.6. The molecule has 0 unspecified atom stereocenters. The van der Waals surface area contributed by atoms with E-state index in [9.17, 15) is 12.8 Å². The van der Waals surface area contributed by atoms with Crippen molar-refractivity contribution in [2.75, 3.05) is 30.5 Å². The van der Waals surface area contributed by atoms with E-state index in [0.717, 1.165) is 0 Å². The van der Waals surface area contributed by atoms with Crippen molar-refractivity contribution >= 4 is 15.5 Å². The molecule has 0 aliphatic rings. The molecular weight excluding hydrogens is 257 g/mol. The van der Waals surface area contributed by atoms with Crippen LogP contribution in [0, 0.1) is 5.82 Å². The van der Waals surface area contributed by atoms with E-state index in [1.165, 1.54) is 19.2 Å². The molecule has 18 heavy (non-hydrogen) atoms. The molecule has 102 valence electrons. The summed E-state index contributed by atoms with van der Waals surface area (Å²) in [7, 11) is -1.57. The molecule has 0 spiro atoms. The summed E-state index contributed by atoms with van der Waals surface area (Å²) in [6, 6.07) is 4.18. The highest BCUT2D eigenvalue weighted by Crippen LogP contribution is 2.19. The number of rotatable bonds is 7. The smallest absolute Gasteiger partial charge is 0.152 e. The maximum absolute atomic E-state index is 13.2. The largest absolute Gasteiger partial charge is 0.497 e. The summed E-state index contributed by atoms with van der Waals surface area (Å²) >= 11 is 0. The lowest BCUT2D eigenvalue weighted by Crippen LogP contribution is -2.18. The fraction of sp³-hybridized carbons (Fsp3) is 0.500. The molecule has 0 saturated carbocycles. The van der Waals surface area contributed by atoms with Crippen LogP contribution in [0.4, 0.5) is 10.1 Å². The predicted octanol–water partition coefficient (Wildman–Crippen LogP) is 2.07. The Kier molecular flexibility index (Phi) is 5.40. The number of methoxy groups -OCH3 is 1. The van der Waals surface area contributed by atoms with E-state index < -0.39 is 15.7 Å². The Balaban J connectivity index is 2.56. The first kappa shape index (κ1) is 14.8. The van der Waals surface area contributed by atoms with E-state index in [2.05, 4.69) is 5.32 Å². The lowest BCUT2D eigenvalue weighted by molar-refractivity contribution is 0.411. The van der Waals surface area contributed by atoms with Crippen molar-refractivity contribution in [3.05, 3.63) is 24.0 Å². The number of ether oxygens (including phenoxy) is 1. The Morgan fingerprint density at radius 1 is 1.28 bits per heavy atom. The second-order valence-corrected chi connectivity index (χ2v) is 6.26. The third-order valence-corrected chi connectivity index (χ3v) is 4.22. The van der Waals surface area contributed by atoms with Crippen LogP contribution in [0.5, 0.6) is 5.75 Å². The maximum atomic E-state index is 13.2. The number of halogens is 1.